The number of hydrogen-bond donors (Lipinski definition) is 2. The van der Waals surface area contributed by atoms with Gasteiger partial charge >= 0.3 is 5.97 Å². The van der Waals surface area contributed by atoms with Gasteiger partial charge in [0.15, 0.2) is 0 Å². The molecule has 0 aliphatic heterocycles. The van der Waals surface area contributed by atoms with Crippen molar-refractivity contribution in [2.24, 2.45) is 0 Å². The third-order valence-corrected chi connectivity index (χ3v) is 1.35. The molecule has 0 saturated heterocycles. The minimum Gasteiger partial charge on any atom is -0.480 e. The van der Waals surface area contributed by atoms with Crippen molar-refractivity contribution in [1.82, 2.24) is 5.32 Å². The zero-order chi connectivity index (χ0) is 10.5. The summed E-state index contributed by atoms with van der Waals surface area (Å²) in [6, 6.07) is 0. The zero-order valence-electron chi connectivity index (χ0n) is 8.09. The molecule has 76 valence electrons. The Balaban J connectivity index is 3.79. The number of amides is 1. The molecule has 0 aliphatic carbocycles. The van der Waals surface area contributed by atoms with E-state index in [4.69, 9.17) is 9.84 Å². The Morgan fingerprint density at radius 2 is 2.00 bits per heavy atom. The van der Waals surface area contributed by atoms with Crippen LogP contribution in [0, 0.1) is 0 Å². The molecule has 13 heavy (non-hydrogen) atoms. The van der Waals surface area contributed by atoms with Gasteiger partial charge in [-0.05, 0) is 13.8 Å². The predicted octanol–water partition coefficient (Wildman–Crippen LogP) is 0.00230. The lowest BCUT2D eigenvalue weighted by molar-refractivity contribution is -0.147. The highest BCUT2D eigenvalue weighted by Gasteiger charge is 2.19. The molecule has 2 N–H and O–H groups in total. The largest absolute Gasteiger partial charge is 0.480 e. The lowest BCUT2D eigenvalue weighted by Crippen LogP contribution is -2.40. The van der Waals surface area contributed by atoms with Gasteiger partial charge in [-0.1, -0.05) is 0 Å². The lowest BCUT2D eigenvalue weighted by atomic mass is 10.1. The van der Waals surface area contributed by atoms with E-state index >= 15 is 0 Å². The van der Waals surface area contributed by atoms with Gasteiger partial charge in [0.05, 0.1) is 5.60 Å². The summed E-state index contributed by atoms with van der Waals surface area (Å²) in [5, 5.41) is 10.9. The van der Waals surface area contributed by atoms with Crippen LogP contribution in [0.4, 0.5) is 0 Å². The Morgan fingerprint density at radius 1 is 1.46 bits per heavy atom. The van der Waals surface area contributed by atoms with Gasteiger partial charge in [0.2, 0.25) is 5.91 Å². The van der Waals surface area contributed by atoms with E-state index in [1.807, 2.05) is 0 Å². The molecule has 0 bridgehead atoms. The molecular weight excluding hydrogens is 174 g/mol. The first-order valence-electron chi connectivity index (χ1n) is 3.94. The molecule has 0 heterocycles. The van der Waals surface area contributed by atoms with Gasteiger partial charge in [0, 0.05) is 13.5 Å². The number of ether oxygens (including phenoxy) is 1. The van der Waals surface area contributed by atoms with Crippen LogP contribution in [0.15, 0.2) is 0 Å². The summed E-state index contributed by atoms with van der Waals surface area (Å²) in [6.07, 6.45) is 0. The lowest BCUT2D eigenvalue weighted by Gasteiger charge is -2.24. The van der Waals surface area contributed by atoms with E-state index in [9.17, 15) is 9.59 Å². The highest BCUT2D eigenvalue weighted by molar-refractivity contribution is 5.72. The minimum atomic E-state index is -1.02. The van der Waals surface area contributed by atoms with E-state index in [-0.39, 0.29) is 12.5 Å². The molecule has 0 aliphatic rings. The van der Waals surface area contributed by atoms with Crippen molar-refractivity contribution in [2.75, 3.05) is 13.2 Å². The van der Waals surface area contributed by atoms with Gasteiger partial charge in [-0.2, -0.15) is 0 Å². The van der Waals surface area contributed by atoms with Crippen LogP contribution in [0.5, 0.6) is 0 Å². The standard InChI is InChI=1S/C8H15NO4/c1-6(10)9-5-8(2,3)13-4-7(11)12/h4-5H2,1-3H3,(H,9,10)(H,11,12). The molecule has 0 fully saturated rings. The Kier molecular flexibility index (Phi) is 4.40. The second-order valence-electron chi connectivity index (χ2n) is 3.35. The summed E-state index contributed by atoms with van der Waals surface area (Å²) < 4.78 is 5.03. The van der Waals surface area contributed by atoms with Gasteiger partial charge in [-0.15, -0.1) is 0 Å². The summed E-state index contributed by atoms with van der Waals surface area (Å²) >= 11 is 0. The summed E-state index contributed by atoms with van der Waals surface area (Å²) in [5.41, 5.74) is -0.649. The molecule has 1 amide bonds. The number of aliphatic carboxylic acids is 1. The van der Waals surface area contributed by atoms with E-state index in [2.05, 4.69) is 5.32 Å². The van der Waals surface area contributed by atoms with Gasteiger partial charge in [0.1, 0.15) is 6.61 Å². The summed E-state index contributed by atoms with van der Waals surface area (Å²) in [7, 11) is 0. The first kappa shape index (κ1) is 11.9. The monoisotopic (exact) mass is 189 g/mol. The molecule has 5 heteroatoms. The maximum Gasteiger partial charge on any atom is 0.329 e. The van der Waals surface area contributed by atoms with Gasteiger partial charge in [-0.3, -0.25) is 4.79 Å². The molecule has 5 nitrogen and oxygen atoms in total. The minimum absolute atomic E-state index is 0.160. The number of rotatable bonds is 5. The fraction of sp³-hybridized carbons (Fsp3) is 0.750. The van der Waals surface area contributed by atoms with Gasteiger partial charge < -0.3 is 15.2 Å². The smallest absolute Gasteiger partial charge is 0.329 e. The van der Waals surface area contributed by atoms with Crippen LogP contribution in [0.2, 0.25) is 0 Å². The van der Waals surface area contributed by atoms with Crippen molar-refractivity contribution in [3.8, 4) is 0 Å². The van der Waals surface area contributed by atoms with Crippen molar-refractivity contribution < 1.29 is 19.4 Å². The first-order chi connectivity index (χ1) is 5.83. The fourth-order valence-corrected chi connectivity index (χ4v) is 0.645. The van der Waals surface area contributed by atoms with E-state index < -0.39 is 11.6 Å². The van der Waals surface area contributed by atoms with E-state index in [0.717, 1.165) is 0 Å². The molecule has 0 rings (SSSR count). The molecule has 0 radical (unpaired) electrons. The molecular formula is C8H15NO4. The molecule has 0 saturated carbocycles. The second kappa shape index (κ2) is 4.81. The van der Waals surface area contributed by atoms with Crippen molar-refractivity contribution in [2.45, 2.75) is 26.4 Å². The van der Waals surface area contributed by atoms with Crippen LogP contribution in [0.1, 0.15) is 20.8 Å². The van der Waals surface area contributed by atoms with Gasteiger partial charge in [0.25, 0.3) is 0 Å². The molecule has 0 unspecified atom stereocenters. The van der Waals surface area contributed by atoms with Crippen molar-refractivity contribution >= 4 is 11.9 Å². The number of carbonyl (C=O) groups excluding carboxylic acids is 1. The quantitative estimate of drug-likeness (QED) is 0.638. The van der Waals surface area contributed by atoms with E-state index in [1.165, 1.54) is 6.92 Å². The zero-order valence-corrected chi connectivity index (χ0v) is 8.09. The molecule has 0 aromatic rings. The number of carbonyl (C=O) groups is 2. The Bertz CT molecular complexity index is 180. The Morgan fingerprint density at radius 3 is 2.38 bits per heavy atom. The average molecular weight is 189 g/mol. The summed E-state index contributed by atoms with van der Waals surface area (Å²) in [5.74, 6) is -1.18. The van der Waals surface area contributed by atoms with Crippen LogP contribution in [0.25, 0.3) is 0 Å². The first-order valence-corrected chi connectivity index (χ1v) is 3.94. The highest BCUT2D eigenvalue weighted by atomic mass is 16.5. The van der Waals surface area contributed by atoms with Crippen LogP contribution < -0.4 is 5.32 Å². The fourth-order valence-electron chi connectivity index (χ4n) is 0.645. The summed E-state index contributed by atoms with van der Waals surface area (Å²) in [4.78, 5) is 20.7. The van der Waals surface area contributed by atoms with E-state index in [0.29, 0.717) is 6.54 Å². The highest BCUT2D eigenvalue weighted by Crippen LogP contribution is 2.06. The number of carboxylic acid groups (broad SMARTS) is 1. The normalized spacial score (nSPS) is 11.0. The predicted molar refractivity (Wildman–Crippen MR) is 46.4 cm³/mol. The SMILES string of the molecule is CC(=O)NCC(C)(C)OCC(=O)O. The second-order valence-corrected chi connectivity index (χ2v) is 3.35. The third-order valence-electron chi connectivity index (χ3n) is 1.35. The van der Waals surface area contributed by atoms with Crippen LogP contribution >= 0.6 is 0 Å². The molecule has 0 spiro atoms. The topological polar surface area (TPSA) is 75.6 Å². The van der Waals surface area contributed by atoms with Crippen LogP contribution in [-0.4, -0.2) is 35.7 Å². The average Bonchev–Trinajstić information content (AvgIpc) is 1.98. The van der Waals surface area contributed by atoms with Crippen LogP contribution in [-0.2, 0) is 14.3 Å². The Labute approximate surface area is 77.1 Å². The number of hydrogen-bond acceptors (Lipinski definition) is 3. The van der Waals surface area contributed by atoms with Crippen molar-refractivity contribution in [3.63, 3.8) is 0 Å². The molecule has 0 aromatic carbocycles. The molecule has 0 atom stereocenters. The van der Waals surface area contributed by atoms with Crippen LogP contribution in [0.3, 0.4) is 0 Å². The molecule has 0 aromatic heterocycles. The third kappa shape index (κ3) is 7.27. The number of nitrogens with one attached hydrogen (secondary N) is 1. The van der Waals surface area contributed by atoms with E-state index in [1.54, 1.807) is 13.8 Å². The Hall–Kier alpha value is -1.10. The number of carboxylic acids is 1. The van der Waals surface area contributed by atoms with Crippen molar-refractivity contribution in [3.05, 3.63) is 0 Å². The maximum atomic E-state index is 10.5. The maximum absolute atomic E-state index is 10.5. The van der Waals surface area contributed by atoms with Crippen molar-refractivity contribution in [1.29, 1.82) is 0 Å². The van der Waals surface area contributed by atoms with Gasteiger partial charge in [-0.25, -0.2) is 4.79 Å². The summed E-state index contributed by atoms with van der Waals surface area (Å²) in [6.45, 7) is 4.77.